The summed E-state index contributed by atoms with van der Waals surface area (Å²) >= 11 is 0. The largest absolute Gasteiger partial charge is 0.312 e. The summed E-state index contributed by atoms with van der Waals surface area (Å²) in [5.74, 6) is 0. The summed E-state index contributed by atoms with van der Waals surface area (Å²) in [6.45, 7) is 8.05. The van der Waals surface area contributed by atoms with Crippen LogP contribution >= 0.6 is 0 Å². The van der Waals surface area contributed by atoms with E-state index < -0.39 is 0 Å². The zero-order chi connectivity index (χ0) is 11.3. The normalized spacial score (nSPS) is 22.2. The summed E-state index contributed by atoms with van der Waals surface area (Å²) in [6, 6.07) is 2.16. The highest BCUT2D eigenvalue weighted by Gasteiger charge is 2.18. The van der Waals surface area contributed by atoms with Crippen LogP contribution in [-0.4, -0.2) is 36.6 Å². The summed E-state index contributed by atoms with van der Waals surface area (Å²) in [6.07, 6.45) is 6.87. The molecule has 1 rings (SSSR count). The first-order chi connectivity index (χ1) is 7.15. The third-order valence-electron chi connectivity index (χ3n) is 4.04. The van der Waals surface area contributed by atoms with Crippen LogP contribution in [0.1, 0.15) is 52.9 Å². The van der Waals surface area contributed by atoms with Crippen molar-refractivity contribution in [1.29, 1.82) is 0 Å². The quantitative estimate of drug-likeness (QED) is 0.728. The average molecular weight is 212 g/mol. The molecular weight excluding hydrogens is 184 g/mol. The average Bonchev–Trinajstić information content (AvgIpc) is 2.76. The summed E-state index contributed by atoms with van der Waals surface area (Å²) in [5.41, 5.74) is 0. The molecule has 1 saturated carbocycles. The molecule has 0 aromatic heterocycles. The van der Waals surface area contributed by atoms with Crippen molar-refractivity contribution in [2.45, 2.75) is 71.0 Å². The van der Waals surface area contributed by atoms with Crippen LogP contribution < -0.4 is 5.32 Å². The maximum absolute atomic E-state index is 3.70. The Bertz CT molecular complexity index is 164. The van der Waals surface area contributed by atoms with Gasteiger partial charge in [0.2, 0.25) is 0 Å². The van der Waals surface area contributed by atoms with Gasteiger partial charge in [-0.2, -0.15) is 0 Å². The van der Waals surface area contributed by atoms with Gasteiger partial charge in [-0.25, -0.2) is 0 Å². The van der Waals surface area contributed by atoms with Crippen molar-refractivity contribution in [3.05, 3.63) is 0 Å². The number of hydrogen-bond acceptors (Lipinski definition) is 2. The van der Waals surface area contributed by atoms with Gasteiger partial charge in [-0.15, -0.1) is 0 Å². The number of likely N-dealkylation sites (N-methyl/N-ethyl adjacent to an activating group) is 1. The van der Waals surface area contributed by atoms with Crippen LogP contribution in [0.5, 0.6) is 0 Å². The van der Waals surface area contributed by atoms with Crippen LogP contribution in [0.25, 0.3) is 0 Å². The Kier molecular flexibility index (Phi) is 5.62. The Balaban J connectivity index is 2.19. The molecule has 1 N–H and O–H groups in total. The molecule has 0 bridgehead atoms. The van der Waals surface area contributed by atoms with Crippen molar-refractivity contribution in [3.8, 4) is 0 Å². The minimum Gasteiger partial charge on any atom is -0.312 e. The molecule has 1 fully saturated rings. The first-order valence-electron chi connectivity index (χ1n) is 6.60. The third-order valence-corrected chi connectivity index (χ3v) is 4.04. The molecule has 2 heteroatoms. The van der Waals surface area contributed by atoms with Crippen molar-refractivity contribution in [1.82, 2.24) is 10.2 Å². The van der Waals surface area contributed by atoms with Gasteiger partial charge in [0.15, 0.2) is 0 Å². The molecule has 0 aliphatic heterocycles. The molecule has 90 valence electrons. The minimum absolute atomic E-state index is 0.653. The SMILES string of the molecule is CCC(C)N(C)C(C)CNC1CCCC1. The monoisotopic (exact) mass is 212 g/mol. The highest BCUT2D eigenvalue weighted by atomic mass is 15.2. The van der Waals surface area contributed by atoms with Crippen molar-refractivity contribution in [2.24, 2.45) is 0 Å². The van der Waals surface area contributed by atoms with Gasteiger partial charge in [-0.1, -0.05) is 19.8 Å². The Morgan fingerprint density at radius 2 is 1.80 bits per heavy atom. The van der Waals surface area contributed by atoms with Crippen LogP contribution in [0.3, 0.4) is 0 Å². The Morgan fingerprint density at radius 3 is 2.33 bits per heavy atom. The summed E-state index contributed by atoms with van der Waals surface area (Å²) in [5, 5.41) is 3.70. The van der Waals surface area contributed by atoms with E-state index in [9.17, 15) is 0 Å². The third kappa shape index (κ3) is 4.12. The first-order valence-corrected chi connectivity index (χ1v) is 6.60. The fourth-order valence-electron chi connectivity index (χ4n) is 2.33. The lowest BCUT2D eigenvalue weighted by Crippen LogP contribution is -2.44. The second-order valence-electron chi connectivity index (χ2n) is 5.16. The minimum atomic E-state index is 0.653. The van der Waals surface area contributed by atoms with Crippen LogP contribution in [0.2, 0.25) is 0 Å². The van der Waals surface area contributed by atoms with Crippen LogP contribution in [-0.2, 0) is 0 Å². The van der Waals surface area contributed by atoms with E-state index in [0.29, 0.717) is 12.1 Å². The van der Waals surface area contributed by atoms with Crippen molar-refractivity contribution in [3.63, 3.8) is 0 Å². The predicted molar refractivity (Wildman–Crippen MR) is 67.2 cm³/mol. The van der Waals surface area contributed by atoms with Crippen molar-refractivity contribution in [2.75, 3.05) is 13.6 Å². The molecule has 2 unspecified atom stereocenters. The molecule has 2 atom stereocenters. The van der Waals surface area contributed by atoms with Gasteiger partial charge >= 0.3 is 0 Å². The van der Waals surface area contributed by atoms with E-state index in [1.54, 1.807) is 0 Å². The van der Waals surface area contributed by atoms with E-state index in [4.69, 9.17) is 0 Å². The Hall–Kier alpha value is -0.0800. The van der Waals surface area contributed by atoms with Gasteiger partial charge in [-0.05, 0) is 40.2 Å². The number of nitrogens with one attached hydrogen (secondary N) is 1. The predicted octanol–water partition coefficient (Wildman–Crippen LogP) is 2.64. The highest BCUT2D eigenvalue weighted by molar-refractivity contribution is 4.77. The molecule has 0 heterocycles. The number of nitrogens with zero attached hydrogens (tertiary/aromatic N) is 1. The van der Waals surface area contributed by atoms with E-state index in [0.717, 1.165) is 12.6 Å². The second-order valence-corrected chi connectivity index (χ2v) is 5.16. The molecule has 1 aliphatic carbocycles. The lowest BCUT2D eigenvalue weighted by molar-refractivity contribution is 0.184. The van der Waals surface area contributed by atoms with Crippen LogP contribution in [0.4, 0.5) is 0 Å². The fraction of sp³-hybridized carbons (Fsp3) is 1.00. The molecule has 0 aromatic rings. The second kappa shape index (κ2) is 6.49. The van der Waals surface area contributed by atoms with E-state index in [-0.39, 0.29) is 0 Å². The van der Waals surface area contributed by atoms with Gasteiger partial charge in [0.05, 0.1) is 0 Å². The fourth-order valence-corrected chi connectivity index (χ4v) is 2.33. The van der Waals surface area contributed by atoms with Crippen molar-refractivity contribution < 1.29 is 0 Å². The molecule has 1 aliphatic rings. The van der Waals surface area contributed by atoms with Gasteiger partial charge in [0, 0.05) is 24.7 Å². The Labute approximate surface area is 95.4 Å². The topological polar surface area (TPSA) is 15.3 Å². The zero-order valence-corrected chi connectivity index (χ0v) is 10.9. The van der Waals surface area contributed by atoms with Gasteiger partial charge in [-0.3, -0.25) is 4.90 Å². The molecule has 0 radical (unpaired) electrons. The number of rotatable bonds is 6. The molecule has 2 nitrogen and oxygen atoms in total. The molecule has 0 saturated heterocycles. The standard InChI is InChI=1S/C13H28N2/c1-5-11(2)15(4)12(3)10-14-13-8-6-7-9-13/h11-14H,5-10H2,1-4H3. The van der Waals surface area contributed by atoms with E-state index in [1.165, 1.54) is 32.1 Å². The zero-order valence-electron chi connectivity index (χ0n) is 10.9. The molecule has 0 aromatic carbocycles. The maximum Gasteiger partial charge on any atom is 0.0192 e. The first kappa shape index (κ1) is 13.0. The van der Waals surface area contributed by atoms with E-state index >= 15 is 0 Å². The molecule has 15 heavy (non-hydrogen) atoms. The van der Waals surface area contributed by atoms with E-state index in [1.807, 2.05) is 0 Å². The lowest BCUT2D eigenvalue weighted by atomic mass is 10.1. The van der Waals surface area contributed by atoms with Gasteiger partial charge in [0.1, 0.15) is 0 Å². The van der Waals surface area contributed by atoms with Crippen LogP contribution in [0.15, 0.2) is 0 Å². The van der Waals surface area contributed by atoms with E-state index in [2.05, 4.69) is 38.0 Å². The smallest absolute Gasteiger partial charge is 0.0192 e. The van der Waals surface area contributed by atoms with Crippen molar-refractivity contribution >= 4 is 0 Å². The lowest BCUT2D eigenvalue weighted by Gasteiger charge is -2.31. The summed E-state index contributed by atoms with van der Waals surface area (Å²) < 4.78 is 0. The van der Waals surface area contributed by atoms with Crippen LogP contribution in [0, 0.1) is 0 Å². The van der Waals surface area contributed by atoms with Gasteiger partial charge in [0.25, 0.3) is 0 Å². The summed E-state index contributed by atoms with van der Waals surface area (Å²) in [4.78, 5) is 2.49. The molecule has 0 spiro atoms. The maximum atomic E-state index is 3.70. The van der Waals surface area contributed by atoms with Gasteiger partial charge < -0.3 is 5.32 Å². The molecule has 0 amide bonds. The highest BCUT2D eigenvalue weighted by Crippen LogP contribution is 2.17. The number of hydrogen-bond donors (Lipinski definition) is 1. The molecular formula is C13H28N2. The summed E-state index contributed by atoms with van der Waals surface area (Å²) in [7, 11) is 2.25. The Morgan fingerprint density at radius 1 is 1.20 bits per heavy atom.